The molecule has 0 unspecified atom stereocenters. The number of hydrogen-bond acceptors (Lipinski definition) is 3. The molecular weight excluding hydrogens is 352 g/mol. The first kappa shape index (κ1) is 16.6. The van der Waals surface area contributed by atoms with E-state index >= 15 is 0 Å². The van der Waals surface area contributed by atoms with Crippen molar-refractivity contribution in [3.8, 4) is 0 Å². The number of rotatable bonds is 2. The lowest BCUT2D eigenvalue weighted by atomic mass is 10.2. The number of fused-ring (bicyclic) bond motifs is 1. The van der Waals surface area contributed by atoms with E-state index in [0.717, 1.165) is 10.9 Å². The second-order valence-electron chi connectivity index (χ2n) is 6.19. The number of carbonyl (C=O) groups is 2. The molecule has 3 aromatic rings. The molecule has 1 N–H and O–H groups in total. The van der Waals surface area contributed by atoms with Gasteiger partial charge >= 0.3 is 0 Å². The molecule has 0 atom stereocenters. The molecule has 2 aromatic heterocycles. The summed E-state index contributed by atoms with van der Waals surface area (Å²) in [6.07, 6.45) is 3.20. The first-order valence-electron chi connectivity index (χ1n) is 8.40. The van der Waals surface area contributed by atoms with Gasteiger partial charge in [0.05, 0.1) is 10.6 Å². The molecule has 6 nitrogen and oxygen atoms in total. The number of piperazine rings is 1. The van der Waals surface area contributed by atoms with Crippen LogP contribution in [0.15, 0.2) is 48.8 Å². The van der Waals surface area contributed by atoms with Gasteiger partial charge in [0, 0.05) is 49.5 Å². The number of carbonyl (C=O) groups excluding carboxylic acids is 2. The van der Waals surface area contributed by atoms with Gasteiger partial charge in [-0.25, -0.2) is 0 Å². The van der Waals surface area contributed by atoms with Crippen molar-refractivity contribution in [2.45, 2.75) is 0 Å². The molecule has 0 saturated carbocycles. The third-order valence-electron chi connectivity index (χ3n) is 4.62. The number of pyridine rings is 1. The normalized spacial score (nSPS) is 14.7. The summed E-state index contributed by atoms with van der Waals surface area (Å²) >= 11 is 6.38. The minimum Gasteiger partial charge on any atom is -0.349 e. The van der Waals surface area contributed by atoms with Gasteiger partial charge in [0.1, 0.15) is 5.69 Å². The van der Waals surface area contributed by atoms with E-state index in [4.69, 9.17) is 11.6 Å². The van der Waals surface area contributed by atoms with Gasteiger partial charge in [-0.2, -0.15) is 0 Å². The number of hydrogen-bond donors (Lipinski definition) is 1. The Morgan fingerprint density at radius 1 is 0.962 bits per heavy atom. The molecular formula is C19H17ClN4O2. The minimum atomic E-state index is -0.139. The van der Waals surface area contributed by atoms with Crippen molar-refractivity contribution < 1.29 is 9.59 Å². The van der Waals surface area contributed by atoms with E-state index in [-0.39, 0.29) is 11.8 Å². The zero-order chi connectivity index (χ0) is 18.1. The van der Waals surface area contributed by atoms with E-state index < -0.39 is 0 Å². The van der Waals surface area contributed by atoms with Crippen LogP contribution < -0.4 is 0 Å². The fraction of sp³-hybridized carbons (Fsp3) is 0.211. The Morgan fingerprint density at radius 3 is 2.31 bits per heavy atom. The summed E-state index contributed by atoms with van der Waals surface area (Å²) in [5.74, 6) is -0.200. The summed E-state index contributed by atoms with van der Waals surface area (Å²) in [7, 11) is 0. The molecule has 3 heterocycles. The van der Waals surface area contributed by atoms with E-state index in [0.29, 0.717) is 42.5 Å². The maximum absolute atomic E-state index is 12.8. The molecule has 0 radical (unpaired) electrons. The highest BCUT2D eigenvalue weighted by molar-refractivity contribution is 6.38. The lowest BCUT2D eigenvalue weighted by Gasteiger charge is -2.34. The van der Waals surface area contributed by atoms with Crippen LogP contribution in [0.3, 0.4) is 0 Å². The smallest absolute Gasteiger partial charge is 0.271 e. The molecule has 1 aliphatic heterocycles. The van der Waals surface area contributed by atoms with Crippen molar-refractivity contribution in [3.63, 3.8) is 0 Å². The number of amides is 2. The fourth-order valence-electron chi connectivity index (χ4n) is 3.20. The molecule has 26 heavy (non-hydrogen) atoms. The Labute approximate surface area is 155 Å². The van der Waals surface area contributed by atoms with Crippen molar-refractivity contribution in [3.05, 3.63) is 65.1 Å². The molecule has 2 amide bonds. The molecule has 4 rings (SSSR count). The van der Waals surface area contributed by atoms with Crippen LogP contribution >= 0.6 is 11.6 Å². The molecule has 0 bridgehead atoms. The zero-order valence-electron chi connectivity index (χ0n) is 14.0. The lowest BCUT2D eigenvalue weighted by molar-refractivity contribution is 0.0532. The quantitative estimate of drug-likeness (QED) is 0.756. The predicted molar refractivity (Wildman–Crippen MR) is 99.4 cm³/mol. The van der Waals surface area contributed by atoms with Gasteiger partial charge in [-0.05, 0) is 18.2 Å². The zero-order valence-corrected chi connectivity index (χ0v) is 14.7. The number of nitrogens with zero attached hydrogens (tertiary/aromatic N) is 3. The number of H-pyrrole nitrogens is 1. The van der Waals surface area contributed by atoms with E-state index in [1.165, 1.54) is 0 Å². The number of aromatic amines is 1. The molecule has 0 aliphatic carbocycles. The Hall–Kier alpha value is -2.86. The predicted octanol–water partition coefficient (Wildman–Crippen LogP) is 2.81. The number of nitrogens with one attached hydrogen (secondary N) is 1. The number of benzene rings is 1. The Bertz CT molecular complexity index is 962. The number of para-hydroxylation sites is 1. The maximum Gasteiger partial charge on any atom is 0.271 e. The molecule has 1 fully saturated rings. The molecule has 0 spiro atoms. The Kier molecular flexibility index (Phi) is 4.34. The van der Waals surface area contributed by atoms with Crippen LogP contribution in [0.2, 0.25) is 5.02 Å². The van der Waals surface area contributed by atoms with Crippen LogP contribution in [0.5, 0.6) is 0 Å². The van der Waals surface area contributed by atoms with Gasteiger partial charge < -0.3 is 14.8 Å². The molecule has 1 saturated heterocycles. The monoisotopic (exact) mass is 368 g/mol. The number of aromatic nitrogens is 2. The lowest BCUT2D eigenvalue weighted by Crippen LogP contribution is -2.50. The first-order chi connectivity index (χ1) is 12.6. The van der Waals surface area contributed by atoms with Crippen molar-refractivity contribution in [2.24, 2.45) is 0 Å². The molecule has 132 valence electrons. The van der Waals surface area contributed by atoms with E-state index in [1.54, 1.807) is 34.3 Å². The van der Waals surface area contributed by atoms with Gasteiger partial charge in [-0.1, -0.05) is 29.8 Å². The van der Waals surface area contributed by atoms with E-state index in [2.05, 4.69) is 9.97 Å². The highest BCUT2D eigenvalue weighted by atomic mass is 35.5. The summed E-state index contributed by atoms with van der Waals surface area (Å²) in [5, 5.41) is 1.28. The standard InChI is InChI=1S/C19H17ClN4O2/c20-16-14-5-1-2-6-15(14)22-17(16)19(26)24-10-8-23(9-11-24)18(25)13-4-3-7-21-12-13/h1-7,12,22H,8-11H2. The summed E-state index contributed by atoms with van der Waals surface area (Å²) < 4.78 is 0. The average Bonchev–Trinajstić information content (AvgIpc) is 3.04. The van der Waals surface area contributed by atoms with Crippen LogP contribution in [0.25, 0.3) is 10.9 Å². The second-order valence-corrected chi connectivity index (χ2v) is 6.56. The van der Waals surface area contributed by atoms with Crippen molar-refractivity contribution >= 4 is 34.3 Å². The highest BCUT2D eigenvalue weighted by Crippen LogP contribution is 2.28. The van der Waals surface area contributed by atoms with E-state index in [9.17, 15) is 9.59 Å². The third-order valence-corrected chi connectivity index (χ3v) is 5.01. The largest absolute Gasteiger partial charge is 0.349 e. The van der Waals surface area contributed by atoms with Crippen molar-refractivity contribution in [1.29, 1.82) is 0 Å². The summed E-state index contributed by atoms with van der Waals surface area (Å²) in [4.78, 5) is 35.9. The first-order valence-corrected chi connectivity index (χ1v) is 8.78. The average molecular weight is 369 g/mol. The van der Waals surface area contributed by atoms with E-state index in [1.807, 2.05) is 24.3 Å². The molecule has 7 heteroatoms. The SMILES string of the molecule is O=C(c1cccnc1)N1CCN(C(=O)c2[nH]c3ccccc3c2Cl)CC1. The summed E-state index contributed by atoms with van der Waals surface area (Å²) in [6, 6.07) is 11.0. The summed E-state index contributed by atoms with van der Waals surface area (Å²) in [5.41, 5.74) is 1.80. The summed E-state index contributed by atoms with van der Waals surface area (Å²) in [6.45, 7) is 1.90. The van der Waals surface area contributed by atoms with Crippen LogP contribution in [0.4, 0.5) is 0 Å². The fourth-order valence-corrected chi connectivity index (χ4v) is 3.49. The van der Waals surface area contributed by atoms with Gasteiger partial charge in [-0.15, -0.1) is 0 Å². The van der Waals surface area contributed by atoms with Crippen LogP contribution in [-0.4, -0.2) is 57.8 Å². The van der Waals surface area contributed by atoms with Crippen LogP contribution in [0.1, 0.15) is 20.8 Å². The molecule has 1 aromatic carbocycles. The van der Waals surface area contributed by atoms with Crippen molar-refractivity contribution in [2.75, 3.05) is 26.2 Å². The Morgan fingerprint density at radius 2 is 1.65 bits per heavy atom. The third kappa shape index (κ3) is 2.93. The van der Waals surface area contributed by atoms with Gasteiger partial charge in [0.15, 0.2) is 0 Å². The minimum absolute atomic E-state index is 0.0613. The van der Waals surface area contributed by atoms with Crippen molar-refractivity contribution in [1.82, 2.24) is 19.8 Å². The van der Waals surface area contributed by atoms with Gasteiger partial charge in [0.25, 0.3) is 11.8 Å². The van der Waals surface area contributed by atoms with Gasteiger partial charge in [0.2, 0.25) is 0 Å². The molecule has 1 aliphatic rings. The highest BCUT2D eigenvalue weighted by Gasteiger charge is 2.27. The van der Waals surface area contributed by atoms with Crippen LogP contribution in [0, 0.1) is 0 Å². The maximum atomic E-state index is 12.8. The Balaban J connectivity index is 1.46. The van der Waals surface area contributed by atoms with Gasteiger partial charge in [-0.3, -0.25) is 14.6 Å². The second kappa shape index (κ2) is 6.80. The topological polar surface area (TPSA) is 69.3 Å². The number of halogens is 1. The van der Waals surface area contributed by atoms with Crippen LogP contribution in [-0.2, 0) is 0 Å².